The molecule has 1 saturated heterocycles. The van der Waals surface area contributed by atoms with Crippen LogP contribution in [0.15, 0.2) is 45.9 Å². The van der Waals surface area contributed by atoms with Crippen molar-refractivity contribution in [1.29, 1.82) is 0 Å². The fourth-order valence-corrected chi connectivity index (χ4v) is 2.27. The van der Waals surface area contributed by atoms with E-state index >= 15 is 0 Å². The molecule has 1 aliphatic heterocycles. The van der Waals surface area contributed by atoms with E-state index in [0.29, 0.717) is 10.7 Å². The number of anilines is 1. The summed E-state index contributed by atoms with van der Waals surface area (Å²) >= 11 is 5.86. The first kappa shape index (κ1) is 15.7. The molecule has 0 aliphatic carbocycles. The first-order chi connectivity index (χ1) is 11.5. The topological polar surface area (TPSA) is 109 Å². The Hall–Kier alpha value is -3.20. The number of rotatable bonds is 4. The van der Waals surface area contributed by atoms with Gasteiger partial charge in [-0.05, 0) is 24.3 Å². The lowest BCUT2D eigenvalue weighted by Crippen LogP contribution is -2.31. The minimum absolute atomic E-state index is 0.0863. The lowest BCUT2D eigenvalue weighted by molar-refractivity contribution is -0.402. The maximum atomic E-state index is 12.3. The van der Waals surface area contributed by atoms with Crippen molar-refractivity contribution in [2.24, 2.45) is 5.10 Å². The summed E-state index contributed by atoms with van der Waals surface area (Å²) in [6, 6.07) is 8.14. The number of carbonyl (C=O) groups is 2. The van der Waals surface area contributed by atoms with Crippen LogP contribution in [-0.2, 0) is 4.79 Å². The maximum absolute atomic E-state index is 12.3. The Kier molecular flexibility index (Phi) is 4.00. The second-order valence-electron chi connectivity index (χ2n) is 4.73. The quantitative estimate of drug-likeness (QED) is 0.365. The van der Waals surface area contributed by atoms with E-state index in [1.54, 1.807) is 18.2 Å². The van der Waals surface area contributed by atoms with Crippen molar-refractivity contribution >= 4 is 41.3 Å². The molecule has 24 heavy (non-hydrogen) atoms. The molecule has 3 amide bonds. The molecule has 0 bridgehead atoms. The average molecular weight is 349 g/mol. The minimum Gasteiger partial charge on any atom is -0.400 e. The van der Waals surface area contributed by atoms with Gasteiger partial charge in [-0.25, -0.2) is 14.7 Å². The molecule has 0 spiro atoms. The van der Waals surface area contributed by atoms with Gasteiger partial charge in [-0.2, -0.15) is 5.10 Å². The van der Waals surface area contributed by atoms with Crippen LogP contribution >= 0.6 is 11.6 Å². The number of amides is 3. The van der Waals surface area contributed by atoms with E-state index in [1.165, 1.54) is 12.1 Å². The number of carbonyl (C=O) groups excluding carboxylic acids is 2. The van der Waals surface area contributed by atoms with Crippen LogP contribution in [0.1, 0.15) is 5.76 Å². The molecule has 0 radical (unpaired) electrons. The second-order valence-corrected chi connectivity index (χ2v) is 5.16. The number of nitro groups is 1. The minimum atomic E-state index is -0.692. The highest BCUT2D eigenvalue weighted by atomic mass is 35.5. The third kappa shape index (κ3) is 2.97. The van der Waals surface area contributed by atoms with Gasteiger partial charge in [-0.3, -0.25) is 14.9 Å². The number of furan rings is 1. The van der Waals surface area contributed by atoms with E-state index < -0.39 is 22.7 Å². The van der Waals surface area contributed by atoms with Crippen molar-refractivity contribution < 1.29 is 18.9 Å². The highest BCUT2D eigenvalue weighted by molar-refractivity contribution is 6.31. The van der Waals surface area contributed by atoms with Crippen LogP contribution < -0.4 is 4.90 Å². The molecule has 1 aliphatic rings. The molecule has 10 heteroatoms. The number of benzene rings is 1. The molecule has 0 unspecified atom stereocenters. The van der Waals surface area contributed by atoms with E-state index in [0.717, 1.165) is 22.2 Å². The summed E-state index contributed by atoms with van der Waals surface area (Å²) in [5.74, 6) is -0.825. The molecule has 1 aromatic carbocycles. The Bertz CT molecular complexity index is 862. The number of urea groups is 1. The summed E-state index contributed by atoms with van der Waals surface area (Å²) in [6.45, 7) is -0.259. The molecule has 9 nitrogen and oxygen atoms in total. The summed E-state index contributed by atoms with van der Waals surface area (Å²) < 4.78 is 4.89. The Morgan fingerprint density at radius 3 is 2.75 bits per heavy atom. The van der Waals surface area contributed by atoms with Crippen LogP contribution in [0.25, 0.3) is 0 Å². The predicted molar refractivity (Wildman–Crippen MR) is 84.0 cm³/mol. The Morgan fingerprint density at radius 1 is 1.29 bits per heavy atom. The Morgan fingerprint density at radius 2 is 2.08 bits per heavy atom. The van der Waals surface area contributed by atoms with E-state index in [-0.39, 0.29) is 12.3 Å². The standard InChI is InChI=1S/C14H9ClN4O5/c15-9-2-1-3-10(6-9)18-12(20)8-17(14(18)21)16-7-11-4-5-13(24-11)19(22)23/h1-7H,8H2. The van der Waals surface area contributed by atoms with Crippen molar-refractivity contribution in [1.82, 2.24) is 5.01 Å². The molecule has 2 heterocycles. The number of halogens is 1. The van der Waals surface area contributed by atoms with Gasteiger partial charge in [0.2, 0.25) is 0 Å². The lowest BCUT2D eigenvalue weighted by Gasteiger charge is -2.13. The highest BCUT2D eigenvalue weighted by Crippen LogP contribution is 2.24. The zero-order valence-corrected chi connectivity index (χ0v) is 12.7. The molecule has 0 saturated carbocycles. The van der Waals surface area contributed by atoms with Gasteiger partial charge in [0.25, 0.3) is 5.91 Å². The fourth-order valence-electron chi connectivity index (χ4n) is 2.08. The summed E-state index contributed by atoms with van der Waals surface area (Å²) in [5, 5.41) is 15.7. The molecular formula is C14H9ClN4O5. The summed E-state index contributed by atoms with van der Waals surface area (Å²) in [5.41, 5.74) is 0.337. The van der Waals surface area contributed by atoms with Gasteiger partial charge in [0, 0.05) is 5.02 Å². The predicted octanol–water partition coefficient (Wildman–Crippen LogP) is 2.64. The normalized spacial score (nSPS) is 14.9. The summed E-state index contributed by atoms with van der Waals surface area (Å²) in [4.78, 5) is 35.1. The van der Waals surface area contributed by atoms with Crippen molar-refractivity contribution in [3.05, 3.63) is 57.3 Å². The zero-order valence-electron chi connectivity index (χ0n) is 12.0. The first-order valence-corrected chi connectivity index (χ1v) is 7.02. The Labute approximate surface area is 139 Å². The fraction of sp³-hybridized carbons (Fsp3) is 0.0714. The molecule has 0 atom stereocenters. The maximum Gasteiger partial charge on any atom is 0.433 e. The number of hydrogen-bond acceptors (Lipinski definition) is 6. The van der Waals surface area contributed by atoms with Crippen LogP contribution in [-0.4, -0.2) is 34.6 Å². The lowest BCUT2D eigenvalue weighted by atomic mass is 10.3. The Balaban J connectivity index is 1.78. The number of hydrazone groups is 1. The van der Waals surface area contributed by atoms with Gasteiger partial charge in [0.05, 0.1) is 18.0 Å². The average Bonchev–Trinajstić information content (AvgIpc) is 3.10. The zero-order chi connectivity index (χ0) is 17.3. The summed E-state index contributed by atoms with van der Waals surface area (Å²) in [6.07, 6.45) is 1.12. The van der Waals surface area contributed by atoms with Crippen molar-refractivity contribution in [3.63, 3.8) is 0 Å². The molecule has 1 fully saturated rings. The van der Waals surface area contributed by atoms with Crippen LogP contribution in [0.4, 0.5) is 16.4 Å². The monoisotopic (exact) mass is 348 g/mol. The largest absolute Gasteiger partial charge is 0.433 e. The van der Waals surface area contributed by atoms with Gasteiger partial charge < -0.3 is 4.42 Å². The van der Waals surface area contributed by atoms with Crippen LogP contribution in [0.5, 0.6) is 0 Å². The van der Waals surface area contributed by atoms with E-state index in [1.807, 2.05) is 0 Å². The third-order valence-electron chi connectivity index (χ3n) is 3.13. The van der Waals surface area contributed by atoms with Crippen molar-refractivity contribution in [3.8, 4) is 0 Å². The molecular weight excluding hydrogens is 340 g/mol. The van der Waals surface area contributed by atoms with Crippen molar-refractivity contribution in [2.75, 3.05) is 11.4 Å². The van der Waals surface area contributed by atoms with Gasteiger partial charge >= 0.3 is 11.9 Å². The molecule has 3 rings (SSSR count). The smallest absolute Gasteiger partial charge is 0.400 e. The second kappa shape index (κ2) is 6.13. The first-order valence-electron chi connectivity index (χ1n) is 6.64. The summed E-state index contributed by atoms with van der Waals surface area (Å²) in [7, 11) is 0. The molecule has 0 N–H and O–H groups in total. The highest BCUT2D eigenvalue weighted by Gasteiger charge is 2.37. The number of nitrogens with zero attached hydrogens (tertiary/aromatic N) is 4. The third-order valence-corrected chi connectivity index (χ3v) is 3.36. The van der Waals surface area contributed by atoms with Gasteiger partial charge in [0.1, 0.15) is 11.5 Å². The number of imide groups is 1. The SMILES string of the molecule is O=C1CN(N=Cc2ccc([N+](=O)[O-])o2)C(=O)N1c1cccc(Cl)c1. The molecule has 122 valence electrons. The van der Waals surface area contributed by atoms with Crippen LogP contribution in [0.2, 0.25) is 5.02 Å². The van der Waals surface area contributed by atoms with E-state index in [4.69, 9.17) is 16.0 Å². The van der Waals surface area contributed by atoms with Crippen LogP contribution in [0.3, 0.4) is 0 Å². The number of hydrogen-bond donors (Lipinski definition) is 0. The van der Waals surface area contributed by atoms with Gasteiger partial charge in [0.15, 0.2) is 5.76 Å². The van der Waals surface area contributed by atoms with E-state index in [9.17, 15) is 19.7 Å². The van der Waals surface area contributed by atoms with Crippen molar-refractivity contribution in [2.45, 2.75) is 0 Å². The molecule has 1 aromatic heterocycles. The van der Waals surface area contributed by atoms with Gasteiger partial charge in [-0.15, -0.1) is 0 Å². The molecule has 2 aromatic rings. The van der Waals surface area contributed by atoms with Crippen LogP contribution in [0, 0.1) is 10.1 Å². The van der Waals surface area contributed by atoms with E-state index in [2.05, 4.69) is 5.10 Å². The van der Waals surface area contributed by atoms with Gasteiger partial charge in [-0.1, -0.05) is 17.7 Å².